The molecule has 2 aromatic carbocycles. The lowest BCUT2D eigenvalue weighted by Gasteiger charge is -2.13. The molecule has 0 fully saturated rings. The van der Waals surface area contributed by atoms with Crippen molar-refractivity contribution in [1.29, 1.82) is 0 Å². The average molecular weight is 435 g/mol. The number of furan rings is 1. The number of carbonyl (C=O) groups excluding carboxylic acids is 1. The number of sulfonamides is 1. The first kappa shape index (κ1) is 21.4. The molecule has 3 rings (SSSR count). The molecule has 1 heterocycles. The number of hydrogen-bond donors (Lipinski definition) is 2. The van der Waals surface area contributed by atoms with E-state index in [1.54, 1.807) is 57.2 Å². The number of halogens is 1. The SMILES string of the molecule is Cc1c(C(=O)NCc2ccccc2CS(=O)(=O)NC(C)C)oc2ccc(Cl)cc12. The van der Waals surface area contributed by atoms with Crippen molar-refractivity contribution in [3.63, 3.8) is 0 Å². The molecule has 0 spiro atoms. The van der Waals surface area contributed by atoms with Crippen LogP contribution in [0.4, 0.5) is 0 Å². The van der Waals surface area contributed by atoms with Gasteiger partial charge in [-0.05, 0) is 50.1 Å². The van der Waals surface area contributed by atoms with E-state index in [4.69, 9.17) is 16.0 Å². The molecule has 0 bridgehead atoms. The van der Waals surface area contributed by atoms with E-state index in [9.17, 15) is 13.2 Å². The molecule has 0 atom stereocenters. The molecule has 0 aliphatic rings. The monoisotopic (exact) mass is 434 g/mol. The summed E-state index contributed by atoms with van der Waals surface area (Å²) in [7, 11) is -3.47. The van der Waals surface area contributed by atoms with E-state index in [-0.39, 0.29) is 30.0 Å². The first-order chi connectivity index (χ1) is 13.7. The highest BCUT2D eigenvalue weighted by Gasteiger charge is 2.19. The van der Waals surface area contributed by atoms with Crippen LogP contribution in [0.5, 0.6) is 0 Å². The zero-order chi connectivity index (χ0) is 21.2. The van der Waals surface area contributed by atoms with Crippen molar-refractivity contribution in [1.82, 2.24) is 10.0 Å². The standard InChI is InChI=1S/C21H23ClN2O4S/c1-13(2)24-29(26,27)12-16-7-5-4-6-15(16)11-23-21(25)20-14(3)18-10-17(22)8-9-19(18)28-20/h4-10,13,24H,11-12H2,1-3H3,(H,23,25). The highest BCUT2D eigenvalue weighted by molar-refractivity contribution is 7.88. The average Bonchev–Trinajstić information content (AvgIpc) is 2.95. The molecule has 2 N–H and O–H groups in total. The van der Waals surface area contributed by atoms with E-state index in [2.05, 4.69) is 10.0 Å². The van der Waals surface area contributed by atoms with Crippen LogP contribution in [0.2, 0.25) is 5.02 Å². The van der Waals surface area contributed by atoms with Gasteiger partial charge in [0.1, 0.15) is 5.58 Å². The summed E-state index contributed by atoms with van der Waals surface area (Å²) in [5, 5.41) is 4.17. The number of rotatable bonds is 7. The Bertz CT molecular complexity index is 1150. The summed E-state index contributed by atoms with van der Waals surface area (Å²) in [6.07, 6.45) is 0. The molecule has 29 heavy (non-hydrogen) atoms. The Hall–Kier alpha value is -2.35. The van der Waals surface area contributed by atoms with E-state index in [0.29, 0.717) is 21.7 Å². The summed E-state index contributed by atoms with van der Waals surface area (Å²) in [5.41, 5.74) is 2.65. The van der Waals surface area contributed by atoms with Gasteiger partial charge in [-0.15, -0.1) is 0 Å². The summed E-state index contributed by atoms with van der Waals surface area (Å²) in [6.45, 7) is 5.53. The maximum absolute atomic E-state index is 12.7. The normalized spacial score (nSPS) is 11.9. The van der Waals surface area contributed by atoms with Gasteiger partial charge in [0.05, 0.1) is 5.75 Å². The highest BCUT2D eigenvalue weighted by atomic mass is 35.5. The van der Waals surface area contributed by atoms with Crippen molar-refractivity contribution in [2.24, 2.45) is 0 Å². The minimum Gasteiger partial charge on any atom is -0.451 e. The molecule has 0 unspecified atom stereocenters. The van der Waals surface area contributed by atoms with Crippen molar-refractivity contribution in [3.05, 3.63) is 69.9 Å². The topological polar surface area (TPSA) is 88.4 Å². The molecule has 6 nitrogen and oxygen atoms in total. The van der Waals surface area contributed by atoms with Crippen molar-refractivity contribution >= 4 is 38.5 Å². The van der Waals surface area contributed by atoms with Gasteiger partial charge in [-0.2, -0.15) is 0 Å². The molecule has 0 saturated carbocycles. The summed E-state index contributed by atoms with van der Waals surface area (Å²) < 4.78 is 32.8. The molecule has 0 saturated heterocycles. The Morgan fingerprint density at radius 2 is 1.83 bits per heavy atom. The third kappa shape index (κ3) is 5.18. The lowest BCUT2D eigenvalue weighted by Crippen LogP contribution is -2.32. The summed E-state index contributed by atoms with van der Waals surface area (Å²) >= 11 is 6.03. The van der Waals surface area contributed by atoms with Crippen LogP contribution < -0.4 is 10.0 Å². The molecule has 3 aromatic rings. The van der Waals surface area contributed by atoms with Crippen molar-refractivity contribution in [2.45, 2.75) is 39.1 Å². The molecule has 0 radical (unpaired) electrons. The summed E-state index contributed by atoms with van der Waals surface area (Å²) in [5.74, 6) is -0.305. The maximum Gasteiger partial charge on any atom is 0.287 e. The molecule has 0 aliphatic heterocycles. The minimum absolute atomic E-state index is 0.153. The maximum atomic E-state index is 12.7. The van der Waals surface area contributed by atoms with E-state index < -0.39 is 10.0 Å². The van der Waals surface area contributed by atoms with Gasteiger partial charge in [-0.1, -0.05) is 35.9 Å². The van der Waals surface area contributed by atoms with Gasteiger partial charge in [0.25, 0.3) is 5.91 Å². The van der Waals surface area contributed by atoms with Crippen LogP contribution in [0.3, 0.4) is 0 Å². The zero-order valence-corrected chi connectivity index (χ0v) is 18.0. The lowest BCUT2D eigenvalue weighted by atomic mass is 10.1. The van der Waals surface area contributed by atoms with Crippen LogP contribution in [0.1, 0.15) is 41.1 Å². The second-order valence-corrected chi connectivity index (χ2v) is 9.37. The van der Waals surface area contributed by atoms with Crippen LogP contribution in [-0.2, 0) is 22.3 Å². The fourth-order valence-corrected chi connectivity index (χ4v) is 4.81. The first-order valence-electron chi connectivity index (χ1n) is 9.20. The van der Waals surface area contributed by atoms with Gasteiger partial charge in [0.2, 0.25) is 10.0 Å². The fraction of sp³-hybridized carbons (Fsp3) is 0.286. The third-order valence-electron chi connectivity index (χ3n) is 4.42. The van der Waals surface area contributed by atoms with Crippen LogP contribution in [0.25, 0.3) is 11.0 Å². The Kier molecular flexibility index (Phi) is 6.31. The van der Waals surface area contributed by atoms with Crippen molar-refractivity contribution in [2.75, 3.05) is 0 Å². The smallest absolute Gasteiger partial charge is 0.287 e. The van der Waals surface area contributed by atoms with E-state index in [0.717, 1.165) is 10.9 Å². The Morgan fingerprint density at radius 1 is 1.14 bits per heavy atom. The molecule has 8 heteroatoms. The number of benzene rings is 2. The quantitative estimate of drug-likeness (QED) is 0.584. The van der Waals surface area contributed by atoms with E-state index in [1.165, 1.54) is 0 Å². The molecule has 1 aromatic heterocycles. The van der Waals surface area contributed by atoms with Gasteiger partial charge in [0.15, 0.2) is 5.76 Å². The molecule has 154 valence electrons. The lowest BCUT2D eigenvalue weighted by molar-refractivity contribution is 0.0924. The van der Waals surface area contributed by atoms with Crippen LogP contribution in [0, 0.1) is 6.92 Å². The van der Waals surface area contributed by atoms with E-state index >= 15 is 0 Å². The zero-order valence-electron chi connectivity index (χ0n) is 16.5. The largest absolute Gasteiger partial charge is 0.451 e. The number of hydrogen-bond acceptors (Lipinski definition) is 4. The third-order valence-corrected chi connectivity index (χ3v) is 6.18. The van der Waals surface area contributed by atoms with Gasteiger partial charge in [-0.3, -0.25) is 4.79 Å². The van der Waals surface area contributed by atoms with Crippen molar-refractivity contribution < 1.29 is 17.6 Å². The molecule has 1 amide bonds. The van der Waals surface area contributed by atoms with Crippen LogP contribution in [-0.4, -0.2) is 20.4 Å². The molecule has 0 aliphatic carbocycles. The number of aryl methyl sites for hydroxylation is 1. The first-order valence-corrected chi connectivity index (χ1v) is 11.2. The molecular weight excluding hydrogens is 412 g/mol. The number of nitrogens with one attached hydrogen (secondary N) is 2. The van der Waals surface area contributed by atoms with Gasteiger partial charge < -0.3 is 9.73 Å². The Labute approximate surface area is 175 Å². The van der Waals surface area contributed by atoms with Crippen LogP contribution in [0.15, 0.2) is 46.9 Å². The van der Waals surface area contributed by atoms with Gasteiger partial charge in [0, 0.05) is 28.6 Å². The summed E-state index contributed by atoms with van der Waals surface area (Å²) in [6, 6.07) is 12.1. The Balaban J connectivity index is 1.77. The van der Waals surface area contributed by atoms with E-state index in [1.807, 2.05) is 6.07 Å². The Morgan fingerprint density at radius 3 is 2.52 bits per heavy atom. The van der Waals surface area contributed by atoms with Crippen LogP contribution >= 0.6 is 11.6 Å². The predicted molar refractivity (Wildman–Crippen MR) is 114 cm³/mol. The highest BCUT2D eigenvalue weighted by Crippen LogP contribution is 2.28. The second-order valence-electron chi connectivity index (χ2n) is 7.18. The van der Waals surface area contributed by atoms with Gasteiger partial charge >= 0.3 is 0 Å². The number of carbonyl (C=O) groups is 1. The van der Waals surface area contributed by atoms with Crippen molar-refractivity contribution in [3.8, 4) is 0 Å². The summed E-state index contributed by atoms with van der Waals surface area (Å²) in [4.78, 5) is 12.7. The predicted octanol–water partition coefficient (Wildman–Crippen LogP) is 4.15. The fourth-order valence-electron chi connectivity index (χ4n) is 3.14. The number of amides is 1. The minimum atomic E-state index is -3.47. The molecular formula is C21H23ClN2O4S. The number of fused-ring (bicyclic) bond motifs is 1. The van der Waals surface area contributed by atoms with Gasteiger partial charge in [-0.25, -0.2) is 13.1 Å². The second kappa shape index (κ2) is 8.57.